The van der Waals surface area contributed by atoms with Gasteiger partial charge in [0.25, 0.3) is 5.89 Å². The van der Waals surface area contributed by atoms with Gasteiger partial charge in [-0.1, -0.05) is 35.5 Å². The molecule has 1 atom stereocenters. The lowest BCUT2D eigenvalue weighted by molar-refractivity contribution is -0.0475. The molecule has 1 unspecified atom stereocenters. The summed E-state index contributed by atoms with van der Waals surface area (Å²) in [5.74, 6) is 1.18. The number of hydrogen-bond donors (Lipinski definition) is 1. The van der Waals surface area contributed by atoms with Crippen LogP contribution in [0.3, 0.4) is 0 Å². The van der Waals surface area contributed by atoms with E-state index in [-0.39, 0.29) is 11.6 Å². The molecule has 1 saturated heterocycles. The third kappa shape index (κ3) is 3.02. The van der Waals surface area contributed by atoms with Gasteiger partial charge in [-0.05, 0) is 24.8 Å². The van der Waals surface area contributed by atoms with Gasteiger partial charge in [0.05, 0.1) is 12.1 Å². The lowest BCUT2D eigenvalue weighted by atomic mass is 9.77. The summed E-state index contributed by atoms with van der Waals surface area (Å²) in [6.07, 6.45) is 2.82. The van der Waals surface area contributed by atoms with Gasteiger partial charge < -0.3 is 15.0 Å². The van der Waals surface area contributed by atoms with E-state index in [4.69, 9.17) is 15.0 Å². The first-order chi connectivity index (χ1) is 11.2. The molecular formula is C17H22N4O2. The van der Waals surface area contributed by atoms with Crippen LogP contribution in [0.4, 0.5) is 0 Å². The van der Waals surface area contributed by atoms with Gasteiger partial charge in [0.1, 0.15) is 6.10 Å². The van der Waals surface area contributed by atoms with Crippen molar-refractivity contribution in [1.29, 1.82) is 0 Å². The van der Waals surface area contributed by atoms with Crippen LogP contribution >= 0.6 is 0 Å². The molecular weight excluding hydrogens is 292 g/mol. The highest BCUT2D eigenvalue weighted by Gasteiger charge is 2.40. The third-order valence-corrected chi connectivity index (χ3v) is 4.81. The van der Waals surface area contributed by atoms with E-state index in [0.717, 1.165) is 38.9 Å². The normalized spacial score (nSPS) is 24.3. The molecule has 122 valence electrons. The zero-order valence-corrected chi connectivity index (χ0v) is 13.1. The summed E-state index contributed by atoms with van der Waals surface area (Å²) in [6.45, 7) is 3.24. The number of benzene rings is 1. The molecule has 0 bridgehead atoms. The molecule has 2 aromatic rings. The molecule has 1 aromatic heterocycles. The van der Waals surface area contributed by atoms with Gasteiger partial charge in [0.2, 0.25) is 0 Å². The fraction of sp³-hybridized carbons (Fsp3) is 0.529. The van der Waals surface area contributed by atoms with E-state index >= 15 is 0 Å². The zero-order valence-electron chi connectivity index (χ0n) is 13.1. The SMILES string of the molecule is NC1(c2noc(C3CN(Cc4ccccc4)CCO3)n2)CCC1. The average molecular weight is 314 g/mol. The van der Waals surface area contributed by atoms with Crippen LogP contribution in [0.25, 0.3) is 0 Å². The van der Waals surface area contributed by atoms with Crippen molar-refractivity contribution in [3.63, 3.8) is 0 Å². The Morgan fingerprint density at radius 2 is 2.09 bits per heavy atom. The molecule has 2 N–H and O–H groups in total. The van der Waals surface area contributed by atoms with E-state index in [2.05, 4.69) is 39.3 Å². The molecule has 2 heterocycles. The number of aromatic nitrogens is 2. The molecule has 0 radical (unpaired) electrons. The van der Waals surface area contributed by atoms with Crippen LogP contribution in [0.2, 0.25) is 0 Å². The Balaban J connectivity index is 1.43. The molecule has 6 heteroatoms. The first-order valence-corrected chi connectivity index (χ1v) is 8.24. The van der Waals surface area contributed by atoms with Gasteiger partial charge in [-0.2, -0.15) is 4.98 Å². The fourth-order valence-electron chi connectivity index (χ4n) is 3.19. The molecule has 1 aliphatic carbocycles. The van der Waals surface area contributed by atoms with E-state index in [1.807, 2.05) is 6.07 Å². The average Bonchev–Trinajstić information content (AvgIpc) is 3.04. The monoisotopic (exact) mass is 314 g/mol. The maximum absolute atomic E-state index is 6.26. The highest BCUT2D eigenvalue weighted by atomic mass is 16.5. The van der Waals surface area contributed by atoms with Crippen LogP contribution in [-0.2, 0) is 16.8 Å². The molecule has 6 nitrogen and oxygen atoms in total. The molecule has 2 aliphatic rings. The van der Waals surface area contributed by atoms with Crippen molar-refractivity contribution in [2.24, 2.45) is 5.73 Å². The molecule has 2 fully saturated rings. The summed E-state index contributed by atoms with van der Waals surface area (Å²) >= 11 is 0. The van der Waals surface area contributed by atoms with Crippen molar-refractivity contribution >= 4 is 0 Å². The second-order valence-corrected chi connectivity index (χ2v) is 6.55. The molecule has 1 aliphatic heterocycles. The standard InChI is InChI=1S/C17H22N4O2/c18-17(7-4-8-17)16-19-15(23-20-16)14-12-21(9-10-22-14)11-13-5-2-1-3-6-13/h1-3,5-6,14H,4,7-12,18H2. The largest absolute Gasteiger partial charge is 0.366 e. The van der Waals surface area contributed by atoms with E-state index < -0.39 is 0 Å². The highest BCUT2D eigenvalue weighted by Crippen LogP contribution is 2.37. The number of rotatable bonds is 4. The number of morpholine rings is 1. The van der Waals surface area contributed by atoms with Crippen molar-refractivity contribution in [1.82, 2.24) is 15.0 Å². The van der Waals surface area contributed by atoms with E-state index in [1.165, 1.54) is 5.56 Å². The van der Waals surface area contributed by atoms with Crippen LogP contribution in [-0.4, -0.2) is 34.7 Å². The minimum Gasteiger partial charge on any atom is -0.366 e. The Labute approximate surface area is 135 Å². The lowest BCUT2D eigenvalue weighted by Gasteiger charge is -2.34. The summed E-state index contributed by atoms with van der Waals surface area (Å²) in [7, 11) is 0. The maximum Gasteiger partial charge on any atom is 0.257 e. The summed E-state index contributed by atoms with van der Waals surface area (Å²) in [5.41, 5.74) is 7.17. The second kappa shape index (κ2) is 6.03. The van der Waals surface area contributed by atoms with E-state index in [9.17, 15) is 0 Å². The highest BCUT2D eigenvalue weighted by molar-refractivity contribution is 5.15. The van der Waals surface area contributed by atoms with Crippen LogP contribution in [0.15, 0.2) is 34.9 Å². The van der Waals surface area contributed by atoms with E-state index in [1.54, 1.807) is 0 Å². The van der Waals surface area contributed by atoms with Gasteiger partial charge in [0.15, 0.2) is 5.82 Å². The first-order valence-electron chi connectivity index (χ1n) is 8.24. The van der Waals surface area contributed by atoms with Crippen LogP contribution in [0.1, 0.15) is 42.6 Å². The van der Waals surface area contributed by atoms with Gasteiger partial charge >= 0.3 is 0 Å². The van der Waals surface area contributed by atoms with Gasteiger partial charge in [-0.15, -0.1) is 0 Å². The number of ether oxygens (including phenoxy) is 1. The molecule has 1 saturated carbocycles. The predicted molar refractivity (Wildman–Crippen MR) is 84.4 cm³/mol. The maximum atomic E-state index is 6.26. The Hall–Kier alpha value is -1.76. The molecule has 4 rings (SSSR count). The zero-order chi connectivity index (χ0) is 15.7. The fourth-order valence-corrected chi connectivity index (χ4v) is 3.19. The third-order valence-electron chi connectivity index (χ3n) is 4.81. The van der Waals surface area contributed by atoms with Crippen LogP contribution in [0.5, 0.6) is 0 Å². The topological polar surface area (TPSA) is 77.4 Å². The Morgan fingerprint density at radius 1 is 1.26 bits per heavy atom. The quantitative estimate of drug-likeness (QED) is 0.930. The smallest absolute Gasteiger partial charge is 0.257 e. The Morgan fingerprint density at radius 3 is 2.83 bits per heavy atom. The van der Waals surface area contributed by atoms with E-state index in [0.29, 0.717) is 18.3 Å². The van der Waals surface area contributed by atoms with Crippen molar-refractivity contribution in [2.75, 3.05) is 19.7 Å². The lowest BCUT2D eigenvalue weighted by Crippen LogP contribution is -2.44. The second-order valence-electron chi connectivity index (χ2n) is 6.55. The van der Waals surface area contributed by atoms with Gasteiger partial charge in [-0.3, -0.25) is 4.90 Å². The summed E-state index contributed by atoms with van der Waals surface area (Å²) in [6, 6.07) is 10.5. The number of hydrogen-bond acceptors (Lipinski definition) is 6. The summed E-state index contributed by atoms with van der Waals surface area (Å²) in [5, 5.41) is 4.08. The van der Waals surface area contributed by atoms with Crippen molar-refractivity contribution in [3.05, 3.63) is 47.6 Å². The number of nitrogens with two attached hydrogens (primary N) is 1. The molecule has 1 aromatic carbocycles. The van der Waals surface area contributed by atoms with Gasteiger partial charge in [-0.25, -0.2) is 0 Å². The summed E-state index contributed by atoms with van der Waals surface area (Å²) < 4.78 is 11.3. The summed E-state index contributed by atoms with van der Waals surface area (Å²) in [4.78, 5) is 6.87. The number of nitrogens with zero attached hydrogens (tertiary/aromatic N) is 3. The first kappa shape index (κ1) is 14.8. The Bertz CT molecular complexity index is 654. The van der Waals surface area contributed by atoms with Crippen LogP contribution < -0.4 is 5.73 Å². The van der Waals surface area contributed by atoms with Crippen LogP contribution in [0, 0.1) is 0 Å². The van der Waals surface area contributed by atoms with Crippen molar-refractivity contribution < 1.29 is 9.26 Å². The molecule has 23 heavy (non-hydrogen) atoms. The predicted octanol–water partition coefficient (Wildman–Crippen LogP) is 1.98. The minimum absolute atomic E-state index is 0.169. The van der Waals surface area contributed by atoms with Crippen molar-refractivity contribution in [2.45, 2.75) is 37.5 Å². The Kier molecular flexibility index (Phi) is 3.88. The minimum atomic E-state index is -0.389. The molecule has 0 spiro atoms. The molecule has 0 amide bonds. The van der Waals surface area contributed by atoms with Crippen molar-refractivity contribution in [3.8, 4) is 0 Å². The van der Waals surface area contributed by atoms with Gasteiger partial charge in [0, 0.05) is 19.6 Å².